The molecule has 9 nitrogen and oxygen atoms in total. The fourth-order valence-corrected chi connectivity index (χ4v) is 3.29. The van der Waals surface area contributed by atoms with Crippen molar-refractivity contribution >= 4 is 5.91 Å². The van der Waals surface area contributed by atoms with Crippen LogP contribution < -0.4 is 20.5 Å². The van der Waals surface area contributed by atoms with Crippen molar-refractivity contribution in [3.05, 3.63) is 59.4 Å². The van der Waals surface area contributed by atoms with Gasteiger partial charge < -0.3 is 30.0 Å². The van der Waals surface area contributed by atoms with E-state index in [0.717, 1.165) is 22.8 Å². The minimum Gasteiger partial charge on any atom is -0.507 e. The van der Waals surface area contributed by atoms with Crippen molar-refractivity contribution < 1.29 is 24.5 Å². The zero-order valence-electron chi connectivity index (χ0n) is 19.2. The van der Waals surface area contributed by atoms with Gasteiger partial charge in [-0.1, -0.05) is 0 Å². The third-order valence-corrected chi connectivity index (χ3v) is 5.38. The number of aliphatic hydroxyl groups excluding tert-OH is 1. The summed E-state index contributed by atoms with van der Waals surface area (Å²) in [5, 5.41) is 22.8. The van der Waals surface area contributed by atoms with Crippen LogP contribution in [0.1, 0.15) is 28.7 Å². The van der Waals surface area contributed by atoms with E-state index < -0.39 is 18.2 Å². The lowest BCUT2D eigenvalue weighted by Crippen LogP contribution is -2.44. The number of nitrogens with two attached hydrogens (primary N) is 1. The van der Waals surface area contributed by atoms with Crippen LogP contribution in [0.15, 0.2) is 42.5 Å². The van der Waals surface area contributed by atoms with Crippen LogP contribution in [0.4, 0.5) is 0 Å². The summed E-state index contributed by atoms with van der Waals surface area (Å²) in [6.45, 7) is 6.26. The number of phenols is 1. The van der Waals surface area contributed by atoms with Crippen molar-refractivity contribution in [2.24, 2.45) is 12.8 Å². The first kappa shape index (κ1) is 24.1. The minimum absolute atomic E-state index is 0.00930. The van der Waals surface area contributed by atoms with Crippen LogP contribution >= 0.6 is 0 Å². The second-order valence-corrected chi connectivity index (χ2v) is 7.81. The van der Waals surface area contributed by atoms with Crippen molar-refractivity contribution in [1.29, 1.82) is 0 Å². The summed E-state index contributed by atoms with van der Waals surface area (Å²) in [6.07, 6.45) is -1.43. The number of aromatic nitrogens is 2. The molecule has 0 spiro atoms. The first-order chi connectivity index (χ1) is 15.7. The third kappa shape index (κ3) is 5.82. The number of carbonyl (C=O) groups is 1. The molecule has 0 saturated heterocycles. The molecule has 1 amide bonds. The average molecular weight is 455 g/mol. The van der Waals surface area contributed by atoms with Gasteiger partial charge in [0.1, 0.15) is 35.8 Å². The molecule has 0 bridgehead atoms. The lowest BCUT2D eigenvalue weighted by molar-refractivity contribution is 0.0251. The number of carbonyl (C=O) groups excluding carboxylic acids is 1. The molecule has 1 heterocycles. The summed E-state index contributed by atoms with van der Waals surface area (Å²) in [4.78, 5) is 15.9. The number of nitrogens with one attached hydrogen (secondary N) is 1. The van der Waals surface area contributed by atoms with Gasteiger partial charge in [0.2, 0.25) is 0 Å². The van der Waals surface area contributed by atoms with Gasteiger partial charge in [0.25, 0.3) is 5.91 Å². The number of aliphatic hydroxyl groups is 1. The third-order valence-electron chi connectivity index (χ3n) is 5.38. The molecule has 2 atom stereocenters. The number of hydrogen-bond acceptors (Lipinski definition) is 7. The Morgan fingerprint density at radius 3 is 2.42 bits per heavy atom. The van der Waals surface area contributed by atoms with Gasteiger partial charge >= 0.3 is 0 Å². The van der Waals surface area contributed by atoms with Gasteiger partial charge in [-0.3, -0.25) is 10.1 Å². The summed E-state index contributed by atoms with van der Waals surface area (Å²) in [5.41, 5.74) is 8.30. The van der Waals surface area contributed by atoms with Crippen LogP contribution in [-0.4, -0.2) is 51.2 Å². The Bertz CT molecular complexity index is 1110. The lowest BCUT2D eigenvalue weighted by Gasteiger charge is -2.23. The number of nitrogens with zero attached hydrogens (tertiary/aromatic N) is 2. The fourth-order valence-electron chi connectivity index (χ4n) is 3.29. The summed E-state index contributed by atoms with van der Waals surface area (Å²) >= 11 is 0. The van der Waals surface area contributed by atoms with Gasteiger partial charge in [0.15, 0.2) is 6.23 Å². The summed E-state index contributed by atoms with van der Waals surface area (Å²) in [7, 11) is 1.98. The molecule has 5 N–H and O–H groups in total. The lowest BCUT2D eigenvalue weighted by atomic mass is 10.2. The van der Waals surface area contributed by atoms with Gasteiger partial charge in [-0.15, -0.1) is 0 Å². The van der Waals surface area contributed by atoms with E-state index in [1.807, 2.05) is 49.7 Å². The summed E-state index contributed by atoms with van der Waals surface area (Å²) in [5.74, 6) is 0.943. The zero-order valence-corrected chi connectivity index (χ0v) is 19.2. The van der Waals surface area contributed by atoms with E-state index in [2.05, 4.69) is 10.3 Å². The highest BCUT2D eigenvalue weighted by Crippen LogP contribution is 2.24. The first-order valence-corrected chi connectivity index (χ1v) is 10.6. The minimum atomic E-state index is -0.778. The van der Waals surface area contributed by atoms with E-state index in [1.54, 1.807) is 6.92 Å². The van der Waals surface area contributed by atoms with E-state index >= 15 is 0 Å². The number of hydrogen-bond donors (Lipinski definition) is 4. The molecule has 2 aromatic carbocycles. The maximum atomic E-state index is 11.3. The van der Waals surface area contributed by atoms with Crippen molar-refractivity contribution in [3.8, 4) is 28.6 Å². The van der Waals surface area contributed by atoms with E-state index in [0.29, 0.717) is 18.0 Å². The molecule has 0 radical (unpaired) electrons. The van der Waals surface area contributed by atoms with E-state index in [-0.39, 0.29) is 17.9 Å². The molecule has 9 heteroatoms. The van der Waals surface area contributed by atoms with Gasteiger partial charge in [-0.25, -0.2) is 4.98 Å². The SMILES string of the molecule is Cc1nc(-c2ccc(OC(NCCOc3ccc(O)c(C(N)=O)c3)C(C)O)cc2)n(C)c1C. The molecule has 1 aromatic heterocycles. The zero-order chi connectivity index (χ0) is 24.1. The molecule has 0 fully saturated rings. The maximum absolute atomic E-state index is 11.3. The Kier molecular flexibility index (Phi) is 7.57. The Labute approximate surface area is 192 Å². The maximum Gasteiger partial charge on any atom is 0.252 e. The highest BCUT2D eigenvalue weighted by atomic mass is 16.5. The highest BCUT2D eigenvalue weighted by molar-refractivity contribution is 5.95. The first-order valence-electron chi connectivity index (χ1n) is 10.6. The molecular formula is C24H30N4O5. The van der Waals surface area contributed by atoms with Gasteiger partial charge in [-0.2, -0.15) is 0 Å². The number of imidazole rings is 1. The number of aryl methyl sites for hydroxylation is 1. The normalized spacial score (nSPS) is 12.9. The number of rotatable bonds is 10. The predicted octanol–water partition coefficient (Wildman–Crippen LogP) is 2.26. The van der Waals surface area contributed by atoms with Gasteiger partial charge in [0.05, 0.1) is 11.3 Å². The highest BCUT2D eigenvalue weighted by Gasteiger charge is 2.17. The van der Waals surface area contributed by atoms with Gasteiger partial charge in [-0.05, 0) is 63.2 Å². The molecular weight excluding hydrogens is 424 g/mol. The number of primary amides is 1. The second-order valence-electron chi connectivity index (χ2n) is 7.81. The second kappa shape index (κ2) is 10.4. The number of benzene rings is 2. The van der Waals surface area contributed by atoms with Crippen molar-refractivity contribution in [3.63, 3.8) is 0 Å². The number of ether oxygens (including phenoxy) is 2. The number of aromatic hydroxyl groups is 1. The summed E-state index contributed by atoms with van der Waals surface area (Å²) < 4.78 is 13.5. The Morgan fingerprint density at radius 1 is 1.18 bits per heavy atom. The van der Waals surface area contributed by atoms with E-state index in [4.69, 9.17) is 15.2 Å². The fraction of sp³-hybridized carbons (Fsp3) is 0.333. The van der Waals surface area contributed by atoms with Crippen molar-refractivity contribution in [2.45, 2.75) is 33.1 Å². The van der Waals surface area contributed by atoms with Crippen molar-refractivity contribution in [2.75, 3.05) is 13.2 Å². The molecule has 0 aliphatic rings. The molecule has 2 unspecified atom stereocenters. The average Bonchev–Trinajstić information content (AvgIpc) is 3.04. The molecule has 0 saturated carbocycles. The topological polar surface area (TPSA) is 132 Å². The smallest absolute Gasteiger partial charge is 0.252 e. The predicted molar refractivity (Wildman–Crippen MR) is 124 cm³/mol. The van der Waals surface area contributed by atoms with Crippen LogP contribution in [-0.2, 0) is 7.05 Å². The van der Waals surface area contributed by atoms with Crippen LogP contribution in [0.2, 0.25) is 0 Å². The monoisotopic (exact) mass is 454 g/mol. The Morgan fingerprint density at radius 2 is 1.85 bits per heavy atom. The van der Waals surface area contributed by atoms with Crippen LogP contribution in [0.25, 0.3) is 11.4 Å². The summed E-state index contributed by atoms with van der Waals surface area (Å²) in [6, 6.07) is 11.8. The molecule has 176 valence electrons. The largest absolute Gasteiger partial charge is 0.507 e. The molecule has 0 aliphatic heterocycles. The van der Waals surface area contributed by atoms with Gasteiger partial charge in [0, 0.05) is 24.8 Å². The van der Waals surface area contributed by atoms with Crippen molar-refractivity contribution in [1.82, 2.24) is 14.9 Å². The van der Waals surface area contributed by atoms with Crippen LogP contribution in [0, 0.1) is 13.8 Å². The quantitative estimate of drug-likeness (QED) is 0.273. The van der Waals surface area contributed by atoms with Crippen LogP contribution in [0.3, 0.4) is 0 Å². The Balaban J connectivity index is 1.56. The molecule has 0 aliphatic carbocycles. The Hall–Kier alpha value is -3.56. The molecule has 3 aromatic rings. The number of amides is 1. The van der Waals surface area contributed by atoms with Crippen LogP contribution in [0.5, 0.6) is 17.2 Å². The van der Waals surface area contributed by atoms with E-state index in [9.17, 15) is 15.0 Å². The standard InChI is InChI=1S/C24H30N4O5/c1-14-15(2)28(4)23(27-14)17-5-7-18(8-6-17)33-24(16(3)29)26-11-12-32-19-9-10-21(30)20(13-19)22(25)31/h5-10,13,16,24,26,29-30H,11-12H2,1-4H3,(H2,25,31). The molecule has 3 rings (SSSR count). The molecule has 33 heavy (non-hydrogen) atoms. The van der Waals surface area contributed by atoms with E-state index in [1.165, 1.54) is 18.2 Å².